The third-order valence-corrected chi connectivity index (χ3v) is 6.79. The van der Waals surface area contributed by atoms with Gasteiger partial charge in [0, 0.05) is 5.41 Å². The van der Waals surface area contributed by atoms with Crippen molar-refractivity contribution in [3.8, 4) is 0 Å². The molecule has 3 atom stereocenters. The Bertz CT molecular complexity index is 635. The molecule has 1 unspecified atom stereocenters. The van der Waals surface area contributed by atoms with Gasteiger partial charge in [0.1, 0.15) is 0 Å². The van der Waals surface area contributed by atoms with Crippen molar-refractivity contribution in [2.45, 2.75) is 71.6 Å². The van der Waals surface area contributed by atoms with E-state index in [1.807, 2.05) is 11.1 Å². The summed E-state index contributed by atoms with van der Waals surface area (Å²) in [6, 6.07) is 7.20. The number of fused-ring (bicyclic) bond motifs is 4. The van der Waals surface area contributed by atoms with Crippen molar-refractivity contribution in [2.75, 3.05) is 0 Å². The fourth-order valence-electron chi connectivity index (χ4n) is 5.76. The molecule has 1 aromatic rings. The number of rotatable bonds is 0. The molecule has 0 heteroatoms. The Morgan fingerprint density at radius 2 is 1.86 bits per heavy atom. The average molecular weight is 280 g/mol. The largest absolute Gasteiger partial charge is 0.0639 e. The molecule has 0 spiro atoms. The van der Waals surface area contributed by atoms with Crippen LogP contribution in [0.1, 0.15) is 69.6 Å². The molecule has 0 saturated heterocycles. The van der Waals surface area contributed by atoms with Gasteiger partial charge in [-0.2, -0.15) is 0 Å². The Morgan fingerprint density at radius 3 is 2.67 bits per heavy atom. The van der Waals surface area contributed by atoms with Gasteiger partial charge in [0.15, 0.2) is 0 Å². The normalized spacial score (nSPS) is 38.0. The standard InChI is InChI=1S/C21H28/c1-14-5-7-17-16(11-14)6-8-18-19-12-15(2)13-20(19,3)9-10-21(17,18)4/h5,7,11,15H,6,8-10,12-13H2,1-4H3/t15?,20-,21-/m0/s1. The molecule has 21 heavy (non-hydrogen) atoms. The van der Waals surface area contributed by atoms with Crippen molar-refractivity contribution < 1.29 is 0 Å². The molecular weight excluding hydrogens is 252 g/mol. The molecule has 0 aliphatic heterocycles. The van der Waals surface area contributed by atoms with Crippen molar-refractivity contribution in [1.82, 2.24) is 0 Å². The van der Waals surface area contributed by atoms with E-state index in [9.17, 15) is 0 Å². The van der Waals surface area contributed by atoms with Crippen LogP contribution in [0.2, 0.25) is 0 Å². The molecule has 4 rings (SSSR count). The molecule has 0 N–H and O–H groups in total. The van der Waals surface area contributed by atoms with Crippen LogP contribution in [0.25, 0.3) is 0 Å². The molecule has 3 aliphatic carbocycles. The highest BCUT2D eigenvalue weighted by Gasteiger charge is 2.49. The van der Waals surface area contributed by atoms with Crippen LogP contribution in [0.5, 0.6) is 0 Å². The summed E-state index contributed by atoms with van der Waals surface area (Å²) in [4.78, 5) is 0. The van der Waals surface area contributed by atoms with Crippen molar-refractivity contribution in [3.05, 3.63) is 46.0 Å². The first-order valence-electron chi connectivity index (χ1n) is 8.75. The van der Waals surface area contributed by atoms with Gasteiger partial charge in [-0.25, -0.2) is 0 Å². The summed E-state index contributed by atoms with van der Waals surface area (Å²) in [6.45, 7) is 9.76. The van der Waals surface area contributed by atoms with Crippen LogP contribution >= 0.6 is 0 Å². The maximum atomic E-state index is 2.54. The van der Waals surface area contributed by atoms with Gasteiger partial charge < -0.3 is 0 Å². The second-order valence-corrected chi connectivity index (χ2v) is 8.52. The minimum absolute atomic E-state index is 0.334. The zero-order valence-corrected chi connectivity index (χ0v) is 14.1. The lowest BCUT2D eigenvalue weighted by molar-refractivity contribution is 0.269. The minimum atomic E-state index is 0.334. The smallest absolute Gasteiger partial charge is 0.0139 e. The molecule has 0 radical (unpaired) electrons. The van der Waals surface area contributed by atoms with E-state index in [0.717, 1.165) is 5.92 Å². The van der Waals surface area contributed by atoms with Crippen molar-refractivity contribution in [1.29, 1.82) is 0 Å². The third kappa shape index (κ3) is 1.81. The van der Waals surface area contributed by atoms with Crippen molar-refractivity contribution in [2.24, 2.45) is 11.3 Å². The lowest BCUT2D eigenvalue weighted by Gasteiger charge is -2.48. The highest BCUT2D eigenvalue weighted by atomic mass is 14.5. The van der Waals surface area contributed by atoms with Crippen molar-refractivity contribution in [3.63, 3.8) is 0 Å². The van der Waals surface area contributed by atoms with E-state index >= 15 is 0 Å². The molecule has 0 amide bonds. The quantitative estimate of drug-likeness (QED) is 0.533. The van der Waals surface area contributed by atoms with E-state index < -0.39 is 0 Å². The van der Waals surface area contributed by atoms with Crippen LogP contribution < -0.4 is 0 Å². The Labute approximate surface area is 129 Å². The first kappa shape index (κ1) is 13.6. The summed E-state index contributed by atoms with van der Waals surface area (Å²) < 4.78 is 0. The molecule has 0 heterocycles. The summed E-state index contributed by atoms with van der Waals surface area (Å²) in [5.74, 6) is 0.888. The van der Waals surface area contributed by atoms with Gasteiger partial charge in [-0.15, -0.1) is 0 Å². The summed E-state index contributed by atoms with van der Waals surface area (Å²) in [5, 5.41) is 0. The monoisotopic (exact) mass is 280 g/mol. The highest BCUT2D eigenvalue weighted by molar-refractivity contribution is 5.51. The Kier molecular flexibility index (Phi) is 2.75. The van der Waals surface area contributed by atoms with Gasteiger partial charge in [-0.05, 0) is 67.9 Å². The fourth-order valence-corrected chi connectivity index (χ4v) is 5.76. The van der Waals surface area contributed by atoms with E-state index in [-0.39, 0.29) is 0 Å². The summed E-state index contributed by atoms with van der Waals surface area (Å²) >= 11 is 0. The molecule has 1 saturated carbocycles. The summed E-state index contributed by atoms with van der Waals surface area (Å²) in [7, 11) is 0. The predicted octanol–water partition coefficient (Wildman–Crippen LogP) is 5.73. The second kappa shape index (κ2) is 4.24. The van der Waals surface area contributed by atoms with Crippen LogP contribution in [-0.2, 0) is 11.8 Å². The zero-order valence-electron chi connectivity index (χ0n) is 14.1. The molecule has 112 valence electrons. The van der Waals surface area contributed by atoms with Gasteiger partial charge in [0.25, 0.3) is 0 Å². The van der Waals surface area contributed by atoms with E-state index in [1.54, 1.807) is 11.1 Å². The lowest BCUT2D eigenvalue weighted by Crippen LogP contribution is -2.38. The van der Waals surface area contributed by atoms with Gasteiger partial charge in [-0.3, -0.25) is 0 Å². The first-order valence-corrected chi connectivity index (χ1v) is 8.75. The number of hydrogen-bond acceptors (Lipinski definition) is 0. The number of allylic oxidation sites excluding steroid dienone is 2. The molecule has 1 aromatic carbocycles. The Morgan fingerprint density at radius 1 is 1.05 bits per heavy atom. The molecule has 3 aliphatic rings. The van der Waals surface area contributed by atoms with E-state index in [4.69, 9.17) is 0 Å². The van der Waals surface area contributed by atoms with Gasteiger partial charge in [-0.1, -0.05) is 55.7 Å². The number of aryl methyl sites for hydroxylation is 2. The van der Waals surface area contributed by atoms with Crippen LogP contribution in [0.15, 0.2) is 29.3 Å². The summed E-state index contributed by atoms with van der Waals surface area (Å²) in [6.07, 6.45) is 8.09. The summed E-state index contributed by atoms with van der Waals surface area (Å²) in [5.41, 5.74) is 9.23. The van der Waals surface area contributed by atoms with E-state index in [0.29, 0.717) is 10.8 Å². The maximum absolute atomic E-state index is 2.54. The Hall–Kier alpha value is -1.04. The predicted molar refractivity (Wildman–Crippen MR) is 89.6 cm³/mol. The zero-order chi connectivity index (χ0) is 14.8. The molecular formula is C21H28. The number of hydrogen-bond donors (Lipinski definition) is 0. The second-order valence-electron chi connectivity index (χ2n) is 8.52. The molecule has 0 bridgehead atoms. The topological polar surface area (TPSA) is 0 Å². The molecule has 0 aromatic heterocycles. The first-order chi connectivity index (χ1) is 9.92. The van der Waals surface area contributed by atoms with Gasteiger partial charge in [0.2, 0.25) is 0 Å². The molecule has 1 fully saturated rings. The van der Waals surface area contributed by atoms with E-state index in [1.165, 1.54) is 44.1 Å². The Balaban J connectivity index is 1.90. The fraction of sp³-hybridized carbons (Fsp3) is 0.619. The van der Waals surface area contributed by atoms with Crippen LogP contribution in [0.3, 0.4) is 0 Å². The third-order valence-electron chi connectivity index (χ3n) is 6.79. The SMILES string of the molecule is Cc1ccc2c(c1)CCC1=C3CC(C)C[C@]3(C)CC[C@]12C. The van der Waals surface area contributed by atoms with Crippen LogP contribution in [0.4, 0.5) is 0 Å². The minimum Gasteiger partial charge on any atom is -0.0639 e. The highest BCUT2D eigenvalue weighted by Crippen LogP contribution is 2.60. The van der Waals surface area contributed by atoms with E-state index in [2.05, 4.69) is 45.9 Å². The van der Waals surface area contributed by atoms with Crippen molar-refractivity contribution >= 4 is 0 Å². The van der Waals surface area contributed by atoms with Crippen LogP contribution in [-0.4, -0.2) is 0 Å². The van der Waals surface area contributed by atoms with Crippen LogP contribution in [0, 0.1) is 18.3 Å². The van der Waals surface area contributed by atoms with Gasteiger partial charge in [0.05, 0.1) is 0 Å². The average Bonchev–Trinajstić information content (AvgIpc) is 2.73. The maximum Gasteiger partial charge on any atom is 0.0139 e. The number of benzene rings is 1. The van der Waals surface area contributed by atoms with Gasteiger partial charge >= 0.3 is 0 Å². The lowest BCUT2D eigenvalue weighted by atomic mass is 9.56. The molecule has 0 nitrogen and oxygen atoms in total.